The smallest absolute Gasteiger partial charge is 0.0725 e. The molecule has 24 heavy (non-hydrogen) atoms. The van der Waals surface area contributed by atoms with E-state index in [1.165, 1.54) is 11.1 Å². The van der Waals surface area contributed by atoms with Gasteiger partial charge in [-0.3, -0.25) is 4.84 Å². The fraction of sp³-hybridized carbons (Fsp3) is 0.455. The highest BCUT2D eigenvalue weighted by atomic mass is 16.7. The van der Waals surface area contributed by atoms with Gasteiger partial charge in [-0.25, -0.2) is 0 Å². The number of hydrogen-bond acceptors (Lipinski definition) is 2. The molecule has 0 heterocycles. The molecular formula is C22H33NO. The fourth-order valence-corrected chi connectivity index (χ4v) is 1.98. The molecule has 0 atom stereocenters. The van der Waals surface area contributed by atoms with E-state index in [9.17, 15) is 0 Å². The van der Waals surface area contributed by atoms with Gasteiger partial charge in [-0.05, 0) is 44.2 Å². The van der Waals surface area contributed by atoms with Crippen LogP contribution in [0, 0.1) is 0 Å². The van der Waals surface area contributed by atoms with Crippen molar-refractivity contribution in [1.29, 1.82) is 0 Å². The number of nitrogens with zero attached hydrogens (tertiary/aromatic N) is 1. The third-order valence-electron chi connectivity index (χ3n) is 3.93. The van der Waals surface area contributed by atoms with Gasteiger partial charge in [0.05, 0.1) is 6.61 Å². The summed E-state index contributed by atoms with van der Waals surface area (Å²) in [6.45, 7) is 11.5. The molecule has 0 bridgehead atoms. The van der Waals surface area contributed by atoms with Crippen LogP contribution in [0.15, 0.2) is 60.7 Å². The molecule has 0 aliphatic heterocycles. The Labute approximate surface area is 148 Å². The Morgan fingerprint density at radius 2 is 1.38 bits per heavy atom. The normalized spacial score (nSPS) is 11.3. The molecule has 2 heteroatoms. The Morgan fingerprint density at radius 3 is 1.79 bits per heavy atom. The van der Waals surface area contributed by atoms with E-state index in [2.05, 4.69) is 83.1 Å². The van der Waals surface area contributed by atoms with Crippen LogP contribution in [0.2, 0.25) is 0 Å². The molecule has 0 aromatic heterocycles. The zero-order valence-electron chi connectivity index (χ0n) is 16.1. The van der Waals surface area contributed by atoms with Crippen molar-refractivity contribution < 1.29 is 4.84 Å². The second-order valence-corrected chi connectivity index (χ2v) is 7.30. The van der Waals surface area contributed by atoms with Gasteiger partial charge >= 0.3 is 0 Å². The molecule has 2 nitrogen and oxygen atoms in total. The molecular weight excluding hydrogens is 294 g/mol. The molecule has 0 N–H and O–H groups in total. The van der Waals surface area contributed by atoms with Crippen LogP contribution in [0.4, 0.5) is 0 Å². The van der Waals surface area contributed by atoms with E-state index >= 15 is 0 Å². The van der Waals surface area contributed by atoms with Gasteiger partial charge in [0.25, 0.3) is 0 Å². The Kier molecular flexibility index (Phi) is 8.73. The van der Waals surface area contributed by atoms with Crippen molar-refractivity contribution in [3.63, 3.8) is 0 Å². The molecule has 0 saturated carbocycles. The minimum atomic E-state index is 0.0662. The molecule has 0 unspecified atom stereocenters. The lowest BCUT2D eigenvalue weighted by atomic mass is 10.0. The summed E-state index contributed by atoms with van der Waals surface area (Å²) >= 11 is 0. The first-order valence-electron chi connectivity index (χ1n) is 8.76. The molecule has 132 valence electrons. The van der Waals surface area contributed by atoms with E-state index in [1.807, 2.05) is 24.2 Å². The quantitative estimate of drug-likeness (QED) is 0.653. The van der Waals surface area contributed by atoms with E-state index in [0.717, 1.165) is 13.0 Å². The van der Waals surface area contributed by atoms with Crippen molar-refractivity contribution in [3.05, 3.63) is 71.8 Å². The number of hydrogen-bond donors (Lipinski definition) is 0. The molecule has 0 aliphatic rings. The van der Waals surface area contributed by atoms with E-state index in [0.29, 0.717) is 5.92 Å². The molecule has 0 fully saturated rings. The zero-order valence-corrected chi connectivity index (χ0v) is 16.1. The average molecular weight is 328 g/mol. The second-order valence-electron chi connectivity index (χ2n) is 7.30. The SMILES string of the molecule is CC(C)c1ccccc1.CN(OCCc1ccccc1)C(C)(C)C. The Bertz CT molecular complexity index is 543. The maximum Gasteiger partial charge on any atom is 0.0725 e. The van der Waals surface area contributed by atoms with Gasteiger partial charge in [0.2, 0.25) is 0 Å². The van der Waals surface area contributed by atoms with Crippen LogP contribution in [-0.4, -0.2) is 24.3 Å². The summed E-state index contributed by atoms with van der Waals surface area (Å²) in [7, 11) is 1.98. The Balaban J connectivity index is 0.000000272. The monoisotopic (exact) mass is 327 g/mol. The first-order chi connectivity index (χ1) is 11.3. The highest BCUT2D eigenvalue weighted by Crippen LogP contribution is 2.12. The summed E-state index contributed by atoms with van der Waals surface area (Å²) in [5.41, 5.74) is 2.80. The standard InChI is InChI=1S/C13H21NO.C9H12/c1-13(2,3)14(4)15-11-10-12-8-6-5-7-9-12;1-8(2)9-6-4-3-5-7-9/h5-9H,10-11H2,1-4H3;3-8H,1-2H3. The van der Waals surface area contributed by atoms with Crippen LogP contribution in [-0.2, 0) is 11.3 Å². The van der Waals surface area contributed by atoms with Gasteiger partial charge in [-0.2, -0.15) is 5.06 Å². The lowest BCUT2D eigenvalue weighted by Crippen LogP contribution is -2.38. The molecule has 0 spiro atoms. The van der Waals surface area contributed by atoms with Gasteiger partial charge in [0.15, 0.2) is 0 Å². The van der Waals surface area contributed by atoms with E-state index in [-0.39, 0.29) is 5.54 Å². The summed E-state index contributed by atoms with van der Waals surface area (Å²) in [4.78, 5) is 5.64. The highest BCUT2D eigenvalue weighted by Gasteiger charge is 2.17. The lowest BCUT2D eigenvalue weighted by molar-refractivity contribution is -0.190. The highest BCUT2D eigenvalue weighted by molar-refractivity contribution is 5.17. The van der Waals surface area contributed by atoms with Crippen molar-refractivity contribution >= 4 is 0 Å². The molecule has 2 aromatic rings. The third kappa shape index (κ3) is 8.28. The van der Waals surface area contributed by atoms with Crippen LogP contribution < -0.4 is 0 Å². The molecule has 0 saturated heterocycles. The largest absolute Gasteiger partial charge is 0.298 e. The maximum atomic E-state index is 5.64. The first kappa shape index (κ1) is 20.4. The van der Waals surface area contributed by atoms with E-state index in [4.69, 9.17) is 4.84 Å². The molecule has 0 aliphatic carbocycles. The summed E-state index contributed by atoms with van der Waals surface area (Å²) in [6, 6.07) is 20.9. The third-order valence-corrected chi connectivity index (χ3v) is 3.93. The summed E-state index contributed by atoms with van der Waals surface area (Å²) in [5, 5.41) is 1.91. The molecule has 0 amide bonds. The molecule has 2 aromatic carbocycles. The Morgan fingerprint density at radius 1 is 0.875 bits per heavy atom. The topological polar surface area (TPSA) is 12.5 Å². The van der Waals surface area contributed by atoms with E-state index in [1.54, 1.807) is 0 Å². The Hall–Kier alpha value is -1.64. The van der Waals surface area contributed by atoms with Crippen LogP contribution in [0.3, 0.4) is 0 Å². The van der Waals surface area contributed by atoms with Crippen LogP contribution >= 0.6 is 0 Å². The summed E-state index contributed by atoms with van der Waals surface area (Å²) < 4.78 is 0. The minimum Gasteiger partial charge on any atom is -0.298 e. The van der Waals surface area contributed by atoms with Crippen molar-refractivity contribution in [3.8, 4) is 0 Å². The summed E-state index contributed by atoms with van der Waals surface area (Å²) in [5.74, 6) is 0.659. The van der Waals surface area contributed by atoms with Gasteiger partial charge < -0.3 is 0 Å². The zero-order chi connectivity index (χ0) is 18.0. The number of rotatable bonds is 5. The maximum absolute atomic E-state index is 5.64. The van der Waals surface area contributed by atoms with Crippen LogP contribution in [0.1, 0.15) is 51.7 Å². The summed E-state index contributed by atoms with van der Waals surface area (Å²) in [6.07, 6.45) is 0.960. The number of benzene rings is 2. The minimum absolute atomic E-state index is 0.0662. The van der Waals surface area contributed by atoms with Crippen molar-refractivity contribution in [2.75, 3.05) is 13.7 Å². The van der Waals surface area contributed by atoms with Crippen molar-refractivity contribution in [1.82, 2.24) is 5.06 Å². The molecule has 0 radical (unpaired) electrons. The van der Waals surface area contributed by atoms with Gasteiger partial charge in [-0.1, -0.05) is 74.5 Å². The van der Waals surface area contributed by atoms with Gasteiger partial charge in [0, 0.05) is 12.6 Å². The fourth-order valence-electron chi connectivity index (χ4n) is 1.98. The van der Waals surface area contributed by atoms with Crippen LogP contribution in [0.25, 0.3) is 0 Å². The van der Waals surface area contributed by atoms with E-state index < -0.39 is 0 Å². The van der Waals surface area contributed by atoms with Crippen LogP contribution in [0.5, 0.6) is 0 Å². The molecule has 2 rings (SSSR count). The number of hydroxylamine groups is 2. The average Bonchev–Trinajstić information content (AvgIpc) is 2.56. The van der Waals surface area contributed by atoms with Gasteiger partial charge in [-0.15, -0.1) is 0 Å². The lowest BCUT2D eigenvalue weighted by Gasteiger charge is -2.30. The van der Waals surface area contributed by atoms with Gasteiger partial charge in [0.1, 0.15) is 0 Å². The second kappa shape index (κ2) is 10.3. The first-order valence-corrected chi connectivity index (χ1v) is 8.76. The predicted molar refractivity (Wildman–Crippen MR) is 104 cm³/mol. The van der Waals surface area contributed by atoms with Crippen molar-refractivity contribution in [2.24, 2.45) is 0 Å². The van der Waals surface area contributed by atoms with Crippen molar-refractivity contribution in [2.45, 2.75) is 52.5 Å². The predicted octanol–water partition coefficient (Wildman–Crippen LogP) is 5.70.